The molecular formula is C19H20O2. The molecule has 2 fully saturated rings. The van der Waals surface area contributed by atoms with E-state index in [-0.39, 0.29) is 5.92 Å². The highest BCUT2D eigenvalue weighted by atomic mass is 16.5. The predicted molar refractivity (Wildman–Crippen MR) is 83.8 cm³/mol. The maximum atomic E-state index is 13.0. The van der Waals surface area contributed by atoms with Crippen LogP contribution in [0.1, 0.15) is 36.0 Å². The summed E-state index contributed by atoms with van der Waals surface area (Å²) in [6.07, 6.45) is 4.95. The zero-order chi connectivity index (χ0) is 14.4. The van der Waals surface area contributed by atoms with Crippen LogP contribution in [0.2, 0.25) is 0 Å². The molecule has 2 aromatic carbocycles. The first-order valence-electron chi connectivity index (χ1n) is 7.88. The van der Waals surface area contributed by atoms with E-state index in [4.69, 9.17) is 4.74 Å². The van der Waals surface area contributed by atoms with Gasteiger partial charge >= 0.3 is 0 Å². The summed E-state index contributed by atoms with van der Waals surface area (Å²) in [5.74, 6) is 2.87. The van der Waals surface area contributed by atoms with E-state index in [1.54, 1.807) is 7.11 Å². The summed E-state index contributed by atoms with van der Waals surface area (Å²) in [5.41, 5.74) is 0.879. The van der Waals surface area contributed by atoms with Gasteiger partial charge in [0.15, 0.2) is 5.78 Å². The van der Waals surface area contributed by atoms with Crippen LogP contribution in [0.15, 0.2) is 36.4 Å². The Morgan fingerprint density at radius 3 is 2.52 bits per heavy atom. The van der Waals surface area contributed by atoms with Crippen LogP contribution in [-0.2, 0) is 0 Å². The smallest absolute Gasteiger partial charge is 0.166 e. The third kappa shape index (κ3) is 1.97. The number of hydrogen-bond acceptors (Lipinski definition) is 2. The van der Waals surface area contributed by atoms with Crippen molar-refractivity contribution in [2.24, 2.45) is 17.8 Å². The second-order valence-electron chi connectivity index (χ2n) is 6.51. The molecule has 3 unspecified atom stereocenters. The van der Waals surface area contributed by atoms with Gasteiger partial charge < -0.3 is 4.74 Å². The Kier molecular flexibility index (Phi) is 2.99. The molecule has 2 saturated carbocycles. The molecule has 21 heavy (non-hydrogen) atoms. The Balaban J connectivity index is 1.78. The molecule has 2 aliphatic carbocycles. The molecule has 0 saturated heterocycles. The number of benzene rings is 2. The summed E-state index contributed by atoms with van der Waals surface area (Å²) < 4.78 is 5.43. The lowest BCUT2D eigenvalue weighted by Crippen LogP contribution is -2.21. The van der Waals surface area contributed by atoms with Gasteiger partial charge in [0, 0.05) is 16.9 Å². The molecule has 2 bridgehead atoms. The van der Waals surface area contributed by atoms with Gasteiger partial charge in [0.2, 0.25) is 0 Å². The Hall–Kier alpha value is -1.83. The van der Waals surface area contributed by atoms with Gasteiger partial charge in [0.1, 0.15) is 5.75 Å². The fourth-order valence-corrected chi connectivity index (χ4v) is 4.43. The summed E-state index contributed by atoms with van der Waals surface area (Å²) in [5, 5.41) is 2.07. The number of carbonyl (C=O) groups is 1. The minimum atomic E-state index is 0.251. The highest BCUT2D eigenvalue weighted by Crippen LogP contribution is 2.49. The van der Waals surface area contributed by atoms with Crippen LogP contribution in [0.25, 0.3) is 10.8 Å². The zero-order valence-corrected chi connectivity index (χ0v) is 12.3. The number of Topliss-reactive ketones (excluding diaryl/α,β-unsaturated/α-hetero) is 1. The summed E-state index contributed by atoms with van der Waals surface area (Å²) in [7, 11) is 1.68. The molecule has 2 aromatic rings. The van der Waals surface area contributed by atoms with E-state index in [0.717, 1.165) is 34.4 Å². The van der Waals surface area contributed by atoms with Crippen molar-refractivity contribution in [2.45, 2.75) is 25.7 Å². The lowest BCUT2D eigenvalue weighted by Gasteiger charge is -2.21. The maximum Gasteiger partial charge on any atom is 0.166 e. The van der Waals surface area contributed by atoms with Crippen LogP contribution in [0.4, 0.5) is 0 Å². The minimum Gasteiger partial charge on any atom is -0.496 e. The maximum absolute atomic E-state index is 13.0. The SMILES string of the molecule is COc1ccc(C(=O)C2CC3CCC2C3)c2ccccc12. The van der Waals surface area contributed by atoms with Crippen molar-refractivity contribution in [3.8, 4) is 5.75 Å². The van der Waals surface area contributed by atoms with Gasteiger partial charge in [0.05, 0.1) is 7.11 Å². The molecule has 0 heterocycles. The molecule has 0 radical (unpaired) electrons. The largest absolute Gasteiger partial charge is 0.496 e. The summed E-state index contributed by atoms with van der Waals surface area (Å²) in [6.45, 7) is 0. The van der Waals surface area contributed by atoms with Crippen molar-refractivity contribution in [1.29, 1.82) is 0 Å². The second-order valence-corrected chi connectivity index (χ2v) is 6.51. The van der Waals surface area contributed by atoms with E-state index < -0.39 is 0 Å². The molecule has 2 aliphatic rings. The second kappa shape index (κ2) is 4.87. The highest BCUT2D eigenvalue weighted by Gasteiger charge is 2.43. The normalized spacial score (nSPS) is 27.2. The topological polar surface area (TPSA) is 26.3 Å². The van der Waals surface area contributed by atoms with Crippen LogP contribution in [0.5, 0.6) is 5.75 Å². The molecule has 2 heteroatoms. The Morgan fingerprint density at radius 1 is 1.05 bits per heavy atom. The first-order chi connectivity index (χ1) is 10.3. The van der Waals surface area contributed by atoms with Gasteiger partial charge in [-0.05, 0) is 48.6 Å². The number of ketones is 1. The van der Waals surface area contributed by atoms with E-state index in [9.17, 15) is 4.79 Å². The highest BCUT2D eigenvalue weighted by molar-refractivity contribution is 6.10. The van der Waals surface area contributed by atoms with Crippen LogP contribution in [-0.4, -0.2) is 12.9 Å². The molecule has 4 rings (SSSR count). The van der Waals surface area contributed by atoms with Crippen molar-refractivity contribution in [3.05, 3.63) is 42.0 Å². The molecule has 0 amide bonds. The number of hydrogen-bond donors (Lipinski definition) is 0. The first-order valence-corrected chi connectivity index (χ1v) is 7.88. The average molecular weight is 280 g/mol. The number of fused-ring (bicyclic) bond motifs is 3. The van der Waals surface area contributed by atoms with Crippen molar-refractivity contribution in [3.63, 3.8) is 0 Å². The van der Waals surface area contributed by atoms with Gasteiger partial charge in [-0.15, -0.1) is 0 Å². The van der Waals surface area contributed by atoms with Gasteiger partial charge in [0.25, 0.3) is 0 Å². The van der Waals surface area contributed by atoms with E-state index in [1.807, 2.05) is 36.4 Å². The number of ether oxygens (including phenoxy) is 1. The van der Waals surface area contributed by atoms with Crippen molar-refractivity contribution >= 4 is 16.6 Å². The Morgan fingerprint density at radius 2 is 1.86 bits per heavy atom. The van der Waals surface area contributed by atoms with Gasteiger partial charge in [-0.25, -0.2) is 0 Å². The van der Waals surface area contributed by atoms with Crippen molar-refractivity contribution in [2.75, 3.05) is 7.11 Å². The number of carbonyl (C=O) groups excluding carboxylic acids is 1. The first kappa shape index (κ1) is 12.9. The quantitative estimate of drug-likeness (QED) is 0.775. The molecule has 3 atom stereocenters. The Labute approximate surface area is 125 Å². The molecular weight excluding hydrogens is 260 g/mol. The summed E-state index contributed by atoms with van der Waals surface area (Å²) in [6, 6.07) is 12.0. The summed E-state index contributed by atoms with van der Waals surface area (Å²) in [4.78, 5) is 13.0. The van der Waals surface area contributed by atoms with Gasteiger partial charge in [-0.3, -0.25) is 4.79 Å². The van der Waals surface area contributed by atoms with E-state index in [2.05, 4.69) is 0 Å². The fraction of sp³-hybridized carbons (Fsp3) is 0.421. The van der Waals surface area contributed by atoms with Gasteiger partial charge in [-0.1, -0.05) is 30.7 Å². The molecule has 0 N–H and O–H groups in total. The standard InChI is InChI=1S/C19H20O2/c1-21-18-9-8-16(14-4-2-3-5-15(14)18)19(20)17-11-12-6-7-13(17)10-12/h2-5,8-9,12-13,17H,6-7,10-11H2,1H3. The average Bonchev–Trinajstić information content (AvgIpc) is 3.16. The van der Waals surface area contributed by atoms with E-state index in [0.29, 0.717) is 11.7 Å². The van der Waals surface area contributed by atoms with Gasteiger partial charge in [-0.2, -0.15) is 0 Å². The third-order valence-corrected chi connectivity index (χ3v) is 5.44. The van der Waals surface area contributed by atoms with Crippen LogP contribution in [0, 0.1) is 17.8 Å². The van der Waals surface area contributed by atoms with E-state index in [1.165, 1.54) is 19.3 Å². The molecule has 108 valence electrons. The number of methoxy groups -OCH3 is 1. The lowest BCUT2D eigenvalue weighted by molar-refractivity contribution is 0.0876. The molecule has 0 spiro atoms. The van der Waals surface area contributed by atoms with Crippen molar-refractivity contribution < 1.29 is 9.53 Å². The number of rotatable bonds is 3. The van der Waals surface area contributed by atoms with E-state index >= 15 is 0 Å². The molecule has 2 nitrogen and oxygen atoms in total. The molecule has 0 aromatic heterocycles. The zero-order valence-electron chi connectivity index (χ0n) is 12.3. The Bertz CT molecular complexity index is 704. The monoisotopic (exact) mass is 280 g/mol. The predicted octanol–water partition coefficient (Wildman–Crippen LogP) is 4.47. The lowest BCUT2D eigenvalue weighted by atomic mass is 9.82. The summed E-state index contributed by atoms with van der Waals surface area (Å²) >= 11 is 0. The van der Waals surface area contributed by atoms with Crippen LogP contribution < -0.4 is 4.74 Å². The molecule has 0 aliphatic heterocycles. The van der Waals surface area contributed by atoms with Crippen LogP contribution >= 0.6 is 0 Å². The third-order valence-electron chi connectivity index (χ3n) is 5.44. The van der Waals surface area contributed by atoms with Crippen molar-refractivity contribution in [1.82, 2.24) is 0 Å². The fourth-order valence-electron chi connectivity index (χ4n) is 4.43. The van der Waals surface area contributed by atoms with Crippen LogP contribution in [0.3, 0.4) is 0 Å². The minimum absolute atomic E-state index is 0.251.